The first kappa shape index (κ1) is 17.7. The van der Waals surface area contributed by atoms with Crippen molar-refractivity contribution >= 4 is 18.3 Å². The van der Waals surface area contributed by atoms with Crippen LogP contribution in [0.2, 0.25) is 0 Å². The molecule has 1 unspecified atom stereocenters. The van der Waals surface area contributed by atoms with Crippen LogP contribution in [0.4, 0.5) is 8.78 Å². The number of ether oxygens (including phenoxy) is 1. The van der Waals surface area contributed by atoms with Gasteiger partial charge in [0.1, 0.15) is 12.4 Å². The Morgan fingerprint density at radius 2 is 2.19 bits per heavy atom. The van der Waals surface area contributed by atoms with E-state index in [1.165, 1.54) is 0 Å². The van der Waals surface area contributed by atoms with E-state index in [1.54, 1.807) is 0 Å². The molecular weight excluding hydrogens is 302 g/mol. The number of alkyl halides is 2. The molecule has 1 aliphatic rings. The number of benzene rings is 1. The summed E-state index contributed by atoms with van der Waals surface area (Å²) < 4.78 is 31.4. The van der Waals surface area contributed by atoms with Gasteiger partial charge in [-0.15, -0.1) is 12.4 Å². The van der Waals surface area contributed by atoms with E-state index in [2.05, 4.69) is 10.6 Å². The summed E-state index contributed by atoms with van der Waals surface area (Å²) in [5, 5.41) is 5.10. The zero-order valence-electron chi connectivity index (χ0n) is 11.7. The minimum atomic E-state index is -2.79. The monoisotopic (exact) mass is 320 g/mol. The van der Waals surface area contributed by atoms with Crippen molar-refractivity contribution in [3.63, 3.8) is 0 Å². The van der Waals surface area contributed by atoms with Crippen LogP contribution < -0.4 is 15.4 Å². The number of rotatable bonds is 5. The first-order valence-corrected chi connectivity index (χ1v) is 6.55. The van der Waals surface area contributed by atoms with Crippen LogP contribution in [-0.4, -0.2) is 37.6 Å². The van der Waals surface area contributed by atoms with Crippen LogP contribution in [0.3, 0.4) is 0 Å². The molecule has 0 aliphatic carbocycles. The Kier molecular flexibility index (Phi) is 6.36. The Morgan fingerprint density at radius 3 is 2.81 bits per heavy atom. The molecule has 0 spiro atoms. The van der Waals surface area contributed by atoms with E-state index in [1.807, 2.05) is 31.2 Å². The summed E-state index contributed by atoms with van der Waals surface area (Å²) in [6.07, 6.45) is -0.447. The zero-order chi connectivity index (χ0) is 14.6. The van der Waals surface area contributed by atoms with Gasteiger partial charge in [-0.2, -0.15) is 0 Å². The van der Waals surface area contributed by atoms with Gasteiger partial charge in [0, 0.05) is 6.42 Å². The average molecular weight is 321 g/mol. The Bertz CT molecular complexity index is 486. The lowest BCUT2D eigenvalue weighted by Gasteiger charge is -2.12. The molecule has 0 radical (unpaired) electrons. The summed E-state index contributed by atoms with van der Waals surface area (Å²) >= 11 is 0. The van der Waals surface area contributed by atoms with Gasteiger partial charge in [-0.05, 0) is 18.6 Å². The van der Waals surface area contributed by atoms with Gasteiger partial charge in [-0.25, -0.2) is 8.78 Å². The smallest absolute Gasteiger partial charge is 0.262 e. The molecule has 7 heteroatoms. The molecule has 1 saturated heterocycles. The SMILES string of the molecule is Cc1ccccc1OCCNC(=O)C1CC(F)(F)CN1.Cl. The third-order valence-electron chi connectivity index (χ3n) is 3.18. The van der Waals surface area contributed by atoms with Crippen LogP contribution in [-0.2, 0) is 4.79 Å². The minimum absolute atomic E-state index is 0. The first-order chi connectivity index (χ1) is 9.48. The van der Waals surface area contributed by atoms with Crippen molar-refractivity contribution in [1.29, 1.82) is 0 Å². The second-order valence-electron chi connectivity index (χ2n) is 4.90. The van der Waals surface area contributed by atoms with Crippen LogP contribution in [0.25, 0.3) is 0 Å². The quantitative estimate of drug-likeness (QED) is 0.815. The van der Waals surface area contributed by atoms with Gasteiger partial charge in [0.15, 0.2) is 0 Å². The standard InChI is InChI=1S/C14H18F2N2O2.ClH/c1-10-4-2-3-5-12(10)20-7-6-17-13(19)11-8-14(15,16)9-18-11;/h2-5,11,18H,6-9H2,1H3,(H,17,19);1H. The molecule has 1 atom stereocenters. The predicted molar refractivity (Wildman–Crippen MR) is 78.3 cm³/mol. The van der Waals surface area contributed by atoms with E-state index in [0.717, 1.165) is 11.3 Å². The Balaban J connectivity index is 0.00000220. The third-order valence-corrected chi connectivity index (χ3v) is 3.18. The van der Waals surface area contributed by atoms with Crippen molar-refractivity contribution in [3.05, 3.63) is 29.8 Å². The molecule has 1 aliphatic heterocycles. The van der Waals surface area contributed by atoms with Crippen LogP contribution in [0.15, 0.2) is 24.3 Å². The molecular formula is C14H19ClF2N2O2. The molecule has 2 N–H and O–H groups in total. The minimum Gasteiger partial charge on any atom is -0.491 e. The maximum atomic E-state index is 12.9. The second kappa shape index (κ2) is 7.56. The Labute approximate surface area is 128 Å². The van der Waals surface area contributed by atoms with Gasteiger partial charge < -0.3 is 10.1 Å². The number of nitrogens with one attached hydrogen (secondary N) is 2. The third kappa shape index (κ3) is 5.13. The molecule has 0 bridgehead atoms. The topological polar surface area (TPSA) is 50.4 Å². The summed E-state index contributed by atoms with van der Waals surface area (Å²) in [7, 11) is 0. The maximum Gasteiger partial charge on any atom is 0.262 e. The molecule has 1 heterocycles. The van der Waals surface area contributed by atoms with Gasteiger partial charge in [0.2, 0.25) is 5.91 Å². The van der Waals surface area contributed by atoms with Crippen molar-refractivity contribution in [1.82, 2.24) is 10.6 Å². The van der Waals surface area contributed by atoms with Gasteiger partial charge in [0.25, 0.3) is 5.92 Å². The van der Waals surface area contributed by atoms with E-state index < -0.39 is 30.8 Å². The summed E-state index contributed by atoms with van der Waals surface area (Å²) in [6, 6.07) is 6.74. The fourth-order valence-electron chi connectivity index (χ4n) is 2.08. The van der Waals surface area contributed by atoms with E-state index in [4.69, 9.17) is 4.74 Å². The van der Waals surface area contributed by atoms with Crippen LogP contribution in [0.1, 0.15) is 12.0 Å². The second-order valence-corrected chi connectivity index (χ2v) is 4.90. The lowest BCUT2D eigenvalue weighted by atomic mass is 10.2. The normalized spacial score (nSPS) is 19.7. The number of hydrogen-bond donors (Lipinski definition) is 2. The molecule has 2 rings (SSSR count). The van der Waals surface area contributed by atoms with Crippen molar-refractivity contribution in [2.24, 2.45) is 0 Å². The number of carbonyl (C=O) groups is 1. The molecule has 21 heavy (non-hydrogen) atoms. The van der Waals surface area contributed by atoms with Gasteiger partial charge in [-0.1, -0.05) is 18.2 Å². The van der Waals surface area contributed by atoms with Crippen LogP contribution >= 0.6 is 12.4 Å². The van der Waals surface area contributed by atoms with E-state index in [-0.39, 0.29) is 19.0 Å². The first-order valence-electron chi connectivity index (χ1n) is 6.55. The largest absolute Gasteiger partial charge is 0.491 e. The number of amides is 1. The van der Waals surface area contributed by atoms with Crippen molar-refractivity contribution in [3.8, 4) is 5.75 Å². The van der Waals surface area contributed by atoms with Gasteiger partial charge in [-0.3, -0.25) is 10.1 Å². The lowest BCUT2D eigenvalue weighted by molar-refractivity contribution is -0.123. The van der Waals surface area contributed by atoms with Gasteiger partial charge >= 0.3 is 0 Å². The Morgan fingerprint density at radius 1 is 1.48 bits per heavy atom. The number of aryl methyl sites for hydroxylation is 1. The highest BCUT2D eigenvalue weighted by molar-refractivity contribution is 5.85. The van der Waals surface area contributed by atoms with Crippen LogP contribution in [0.5, 0.6) is 5.75 Å². The fraction of sp³-hybridized carbons (Fsp3) is 0.500. The molecule has 1 fully saturated rings. The fourth-order valence-corrected chi connectivity index (χ4v) is 2.08. The molecule has 1 aromatic carbocycles. The summed E-state index contributed by atoms with van der Waals surface area (Å²) in [5.74, 6) is -2.44. The number of carbonyl (C=O) groups excluding carboxylic acids is 1. The molecule has 0 aromatic heterocycles. The summed E-state index contributed by atoms with van der Waals surface area (Å²) in [4.78, 5) is 11.6. The predicted octanol–water partition coefficient (Wildman–Crippen LogP) is 1.91. The van der Waals surface area contributed by atoms with E-state index in [9.17, 15) is 13.6 Å². The highest BCUT2D eigenvalue weighted by Gasteiger charge is 2.42. The number of halogens is 3. The number of para-hydroxylation sites is 1. The highest BCUT2D eigenvalue weighted by atomic mass is 35.5. The maximum absolute atomic E-state index is 12.9. The molecule has 118 valence electrons. The molecule has 0 saturated carbocycles. The Hall–Kier alpha value is -1.40. The van der Waals surface area contributed by atoms with Crippen molar-refractivity contribution < 1.29 is 18.3 Å². The lowest BCUT2D eigenvalue weighted by Crippen LogP contribution is -2.41. The number of hydrogen-bond acceptors (Lipinski definition) is 3. The zero-order valence-corrected chi connectivity index (χ0v) is 12.5. The highest BCUT2D eigenvalue weighted by Crippen LogP contribution is 2.24. The molecule has 4 nitrogen and oxygen atoms in total. The van der Waals surface area contributed by atoms with E-state index >= 15 is 0 Å². The van der Waals surface area contributed by atoms with Crippen LogP contribution in [0, 0.1) is 6.92 Å². The average Bonchev–Trinajstić information content (AvgIpc) is 2.77. The molecule has 1 aromatic rings. The van der Waals surface area contributed by atoms with E-state index in [0.29, 0.717) is 6.61 Å². The van der Waals surface area contributed by atoms with Gasteiger partial charge in [0.05, 0.1) is 19.1 Å². The van der Waals surface area contributed by atoms with Crippen molar-refractivity contribution in [2.45, 2.75) is 25.3 Å². The summed E-state index contributed by atoms with van der Waals surface area (Å²) in [6.45, 7) is 2.08. The molecule has 1 amide bonds. The summed E-state index contributed by atoms with van der Waals surface area (Å²) in [5.41, 5.74) is 1.01. The van der Waals surface area contributed by atoms with Crippen molar-refractivity contribution in [2.75, 3.05) is 19.7 Å².